The van der Waals surface area contributed by atoms with E-state index in [0.717, 1.165) is 0 Å². The molecule has 11 N–H and O–H groups in total. The Morgan fingerprint density at radius 3 is 1.71 bits per heavy atom. The lowest BCUT2D eigenvalue weighted by Gasteiger charge is -2.25. The summed E-state index contributed by atoms with van der Waals surface area (Å²) in [5, 5.41) is 26.6. The third-order valence-electron chi connectivity index (χ3n) is 4.87. The van der Waals surface area contributed by atoms with Gasteiger partial charge in [-0.25, -0.2) is 4.79 Å². The number of hydrogen-bond donors (Lipinski definition) is 8. The molecule has 3 amide bonds. The normalized spacial score (nSPS) is 15.1. The van der Waals surface area contributed by atoms with E-state index in [0.29, 0.717) is 17.9 Å². The van der Waals surface area contributed by atoms with Crippen molar-refractivity contribution in [3.05, 3.63) is 0 Å². The maximum absolute atomic E-state index is 13.0. The number of aliphatic hydroxyl groups is 1. The molecule has 0 aromatic carbocycles. The molecule has 0 bridgehead atoms. The van der Waals surface area contributed by atoms with Crippen LogP contribution in [0.2, 0.25) is 0 Å². The van der Waals surface area contributed by atoms with E-state index in [-0.39, 0.29) is 31.8 Å². The van der Waals surface area contributed by atoms with Crippen molar-refractivity contribution in [3.8, 4) is 0 Å². The van der Waals surface area contributed by atoms with Gasteiger partial charge in [0, 0.05) is 6.54 Å². The fraction of sp³-hybridized carbons (Fsp3) is 0.750. The minimum absolute atomic E-state index is 0.0880. The molecule has 0 radical (unpaired) electrons. The van der Waals surface area contributed by atoms with Crippen LogP contribution in [0.1, 0.15) is 32.6 Å². The number of nitrogens with one attached hydrogen (secondary N) is 3. The molecule has 0 saturated carbocycles. The van der Waals surface area contributed by atoms with Crippen LogP contribution in [-0.4, -0.2) is 101 Å². The second-order valence-electron chi connectivity index (χ2n) is 7.80. The molecular weight excluding hydrogens is 498 g/mol. The van der Waals surface area contributed by atoms with Crippen molar-refractivity contribution < 1.29 is 29.4 Å². The zero-order valence-corrected chi connectivity index (χ0v) is 22.0. The molecule has 0 spiro atoms. The molecule has 0 rings (SSSR count). The summed E-state index contributed by atoms with van der Waals surface area (Å²) in [6.45, 7) is 1.57. The zero-order valence-electron chi connectivity index (χ0n) is 20.4. The molecule has 0 aromatic heterocycles. The first kappa shape index (κ1) is 32.8. The summed E-state index contributed by atoms with van der Waals surface area (Å²) in [6, 6.07) is -4.42. The largest absolute Gasteiger partial charge is 0.480 e. The number of carboxylic acids is 1. The lowest BCUT2D eigenvalue weighted by atomic mass is 10.1. The number of hydrogen-bond acceptors (Lipinski definition) is 9. The van der Waals surface area contributed by atoms with E-state index in [2.05, 4.69) is 20.9 Å². The Bertz CT molecular complexity index is 722. The van der Waals surface area contributed by atoms with Gasteiger partial charge in [0.2, 0.25) is 17.7 Å². The fourth-order valence-electron chi connectivity index (χ4n) is 2.80. The van der Waals surface area contributed by atoms with Crippen LogP contribution in [0, 0.1) is 0 Å². The van der Waals surface area contributed by atoms with E-state index < -0.39 is 54.0 Å². The Hall–Kier alpha value is -2.23. The molecule has 0 aliphatic rings. The predicted molar refractivity (Wildman–Crippen MR) is 139 cm³/mol. The summed E-state index contributed by atoms with van der Waals surface area (Å²) < 4.78 is 0. The van der Waals surface area contributed by atoms with E-state index in [4.69, 9.17) is 17.2 Å². The average Bonchev–Trinajstić information content (AvgIpc) is 2.79. The lowest BCUT2D eigenvalue weighted by molar-refractivity contribution is -0.142. The van der Waals surface area contributed by atoms with Crippen molar-refractivity contribution in [2.24, 2.45) is 22.2 Å². The third-order valence-corrected chi connectivity index (χ3v) is 6.16. The van der Waals surface area contributed by atoms with Crippen LogP contribution in [0.3, 0.4) is 0 Å². The Morgan fingerprint density at radius 1 is 0.857 bits per heavy atom. The number of aliphatic hydroxyl groups excluding tert-OH is 1. The number of carbonyl (C=O) groups excluding carboxylic acids is 3. The van der Waals surface area contributed by atoms with Crippen molar-refractivity contribution in [3.63, 3.8) is 0 Å². The molecular formula is C20H39N7O6S2. The SMILES string of the molecule is CSCCC(NC(=O)C(CCSC)NC(=O)C(N)C(C)O)C(=O)NC(CCCN=C(N)N)C(=O)O. The number of nitrogens with zero attached hydrogens (tertiary/aromatic N) is 1. The molecule has 0 saturated heterocycles. The van der Waals surface area contributed by atoms with Crippen LogP contribution in [0.15, 0.2) is 4.99 Å². The first-order chi connectivity index (χ1) is 16.4. The number of aliphatic imine (C=N–C) groups is 1. The van der Waals surface area contributed by atoms with Gasteiger partial charge in [-0.05, 0) is 56.6 Å². The Labute approximate surface area is 214 Å². The molecule has 13 nitrogen and oxygen atoms in total. The van der Waals surface area contributed by atoms with E-state index in [9.17, 15) is 29.4 Å². The van der Waals surface area contributed by atoms with Crippen LogP contribution in [0.4, 0.5) is 0 Å². The molecule has 15 heteroatoms. The predicted octanol–water partition coefficient (Wildman–Crippen LogP) is -2.21. The van der Waals surface area contributed by atoms with Gasteiger partial charge in [0.05, 0.1) is 6.10 Å². The summed E-state index contributed by atoms with van der Waals surface area (Å²) in [5.41, 5.74) is 16.2. The highest BCUT2D eigenvalue weighted by Gasteiger charge is 2.30. The fourth-order valence-corrected chi connectivity index (χ4v) is 3.74. The minimum Gasteiger partial charge on any atom is -0.480 e. The van der Waals surface area contributed by atoms with Crippen molar-refractivity contribution in [2.45, 2.75) is 62.9 Å². The number of nitrogens with two attached hydrogens (primary N) is 3. The van der Waals surface area contributed by atoms with Crippen molar-refractivity contribution >= 4 is 53.2 Å². The molecule has 202 valence electrons. The van der Waals surface area contributed by atoms with Crippen LogP contribution in [-0.2, 0) is 19.2 Å². The highest BCUT2D eigenvalue weighted by Crippen LogP contribution is 2.07. The van der Waals surface area contributed by atoms with Gasteiger partial charge in [-0.2, -0.15) is 23.5 Å². The number of amides is 3. The van der Waals surface area contributed by atoms with Crippen molar-refractivity contribution in [2.75, 3.05) is 30.6 Å². The smallest absolute Gasteiger partial charge is 0.326 e. The molecule has 5 unspecified atom stereocenters. The topological polar surface area (TPSA) is 235 Å². The zero-order chi connectivity index (χ0) is 27.0. The number of carbonyl (C=O) groups is 4. The number of carboxylic acid groups (broad SMARTS) is 1. The van der Waals surface area contributed by atoms with Gasteiger partial charge in [-0.3, -0.25) is 19.4 Å². The third kappa shape index (κ3) is 14.0. The van der Waals surface area contributed by atoms with E-state index in [1.807, 2.05) is 12.5 Å². The van der Waals surface area contributed by atoms with Crippen molar-refractivity contribution in [1.29, 1.82) is 0 Å². The van der Waals surface area contributed by atoms with Crippen LogP contribution < -0.4 is 33.2 Å². The van der Waals surface area contributed by atoms with E-state index in [1.54, 1.807) is 0 Å². The summed E-state index contributed by atoms with van der Waals surface area (Å²) in [7, 11) is 0. The quantitative estimate of drug-likeness (QED) is 0.0530. The highest BCUT2D eigenvalue weighted by molar-refractivity contribution is 7.98. The van der Waals surface area contributed by atoms with Gasteiger partial charge in [0.25, 0.3) is 0 Å². The van der Waals surface area contributed by atoms with Gasteiger partial charge >= 0.3 is 5.97 Å². The summed E-state index contributed by atoms with van der Waals surface area (Å²) in [4.78, 5) is 53.5. The molecule has 0 heterocycles. The number of thioether (sulfide) groups is 2. The van der Waals surface area contributed by atoms with Gasteiger partial charge in [-0.1, -0.05) is 0 Å². The van der Waals surface area contributed by atoms with Crippen LogP contribution in [0.25, 0.3) is 0 Å². The summed E-state index contributed by atoms with van der Waals surface area (Å²) in [5.74, 6) is -2.23. The van der Waals surface area contributed by atoms with E-state index in [1.165, 1.54) is 30.4 Å². The first-order valence-corrected chi connectivity index (χ1v) is 13.8. The van der Waals surface area contributed by atoms with Crippen LogP contribution >= 0.6 is 23.5 Å². The molecule has 35 heavy (non-hydrogen) atoms. The number of rotatable bonds is 18. The second-order valence-corrected chi connectivity index (χ2v) is 9.77. The van der Waals surface area contributed by atoms with Gasteiger partial charge in [0.15, 0.2) is 5.96 Å². The van der Waals surface area contributed by atoms with Gasteiger partial charge in [0.1, 0.15) is 24.2 Å². The van der Waals surface area contributed by atoms with Gasteiger partial charge in [-0.15, -0.1) is 0 Å². The Balaban J connectivity index is 5.38. The average molecular weight is 538 g/mol. The summed E-state index contributed by atoms with van der Waals surface area (Å²) in [6.07, 6.45) is 3.49. The minimum atomic E-state index is -1.23. The maximum Gasteiger partial charge on any atom is 0.326 e. The number of aliphatic carboxylic acids is 1. The first-order valence-electron chi connectivity index (χ1n) is 11.0. The molecule has 0 fully saturated rings. The molecule has 0 aliphatic carbocycles. The van der Waals surface area contributed by atoms with Crippen LogP contribution in [0.5, 0.6) is 0 Å². The highest BCUT2D eigenvalue weighted by atomic mass is 32.2. The lowest BCUT2D eigenvalue weighted by Crippen LogP contribution is -2.58. The molecule has 0 aliphatic heterocycles. The Kier molecular flexibility index (Phi) is 16.9. The molecule has 0 aromatic rings. The maximum atomic E-state index is 13.0. The molecule has 5 atom stereocenters. The van der Waals surface area contributed by atoms with E-state index >= 15 is 0 Å². The Morgan fingerprint density at radius 2 is 1.31 bits per heavy atom. The standard InChI is InChI=1S/C20H39N7O6S2/c1-11(28)15(21)18(31)26-13(7-10-35-3)16(29)25-12(6-9-34-2)17(30)27-14(19(32)33)5-4-8-24-20(22)23/h11-15,28H,4-10,21H2,1-3H3,(H,25,29)(H,26,31)(H,27,30)(H,32,33)(H4,22,23,24). The number of guanidine groups is 1. The summed E-state index contributed by atoms with van der Waals surface area (Å²) >= 11 is 2.92. The van der Waals surface area contributed by atoms with Crippen molar-refractivity contribution in [1.82, 2.24) is 16.0 Å². The van der Waals surface area contributed by atoms with Gasteiger partial charge < -0.3 is 43.4 Å². The second kappa shape index (κ2) is 18.1. The monoisotopic (exact) mass is 537 g/mol.